The first-order valence-corrected chi connectivity index (χ1v) is 9.85. The summed E-state index contributed by atoms with van der Waals surface area (Å²) in [6, 6.07) is 6.19. The molecule has 0 saturated carbocycles. The molecule has 0 atom stereocenters. The van der Waals surface area contributed by atoms with Crippen LogP contribution in [0.25, 0.3) is 11.1 Å². The van der Waals surface area contributed by atoms with Crippen molar-refractivity contribution in [1.29, 1.82) is 0 Å². The third-order valence-corrected chi connectivity index (χ3v) is 5.37. The number of aromatic nitrogens is 1. The van der Waals surface area contributed by atoms with Gasteiger partial charge in [-0.2, -0.15) is 0 Å². The predicted molar refractivity (Wildman–Crippen MR) is 115 cm³/mol. The molecule has 2 N–H and O–H groups in total. The zero-order valence-corrected chi connectivity index (χ0v) is 18.5. The molecule has 1 saturated heterocycles. The summed E-state index contributed by atoms with van der Waals surface area (Å²) in [6.45, 7) is 13.0. The number of benzene rings is 1. The van der Waals surface area contributed by atoms with E-state index in [0.717, 1.165) is 0 Å². The van der Waals surface area contributed by atoms with Gasteiger partial charge in [-0.1, -0.05) is 12.1 Å². The topological polar surface area (TPSA) is 83.7 Å². The Morgan fingerprint density at radius 3 is 2.30 bits per heavy atom. The molecule has 160 valence electrons. The van der Waals surface area contributed by atoms with Crippen molar-refractivity contribution in [2.24, 2.45) is 0 Å². The SMILES string of the molecule is CC(C)(C)OC(=O)c1cccc(-c2cc(B3OC(C)(C)C(C)(C)O3)cnc2N)c1F. The van der Waals surface area contributed by atoms with Crippen LogP contribution in [0.4, 0.5) is 10.2 Å². The Labute approximate surface area is 177 Å². The number of nitrogens with zero attached hydrogens (tertiary/aromatic N) is 1. The fraction of sp³-hybridized carbons (Fsp3) is 0.455. The Balaban J connectivity index is 2.01. The smallest absolute Gasteiger partial charge is 0.456 e. The third kappa shape index (κ3) is 4.20. The van der Waals surface area contributed by atoms with Crippen molar-refractivity contribution in [2.75, 3.05) is 5.73 Å². The Morgan fingerprint density at radius 2 is 1.73 bits per heavy atom. The van der Waals surface area contributed by atoms with Crippen LogP contribution in [-0.4, -0.2) is 34.9 Å². The maximum absolute atomic E-state index is 15.3. The van der Waals surface area contributed by atoms with Crippen LogP contribution >= 0.6 is 0 Å². The van der Waals surface area contributed by atoms with Gasteiger partial charge in [-0.3, -0.25) is 0 Å². The number of hydrogen-bond donors (Lipinski definition) is 1. The van der Waals surface area contributed by atoms with E-state index in [1.807, 2.05) is 27.7 Å². The van der Waals surface area contributed by atoms with E-state index in [1.54, 1.807) is 45.2 Å². The molecule has 1 aliphatic rings. The zero-order valence-electron chi connectivity index (χ0n) is 18.5. The maximum Gasteiger partial charge on any atom is 0.496 e. The van der Waals surface area contributed by atoms with Crippen LogP contribution < -0.4 is 11.2 Å². The van der Waals surface area contributed by atoms with Gasteiger partial charge in [-0.05, 0) is 60.6 Å². The van der Waals surface area contributed by atoms with Gasteiger partial charge in [0, 0.05) is 22.8 Å². The number of hydrogen-bond acceptors (Lipinski definition) is 6. The molecule has 3 rings (SSSR count). The van der Waals surface area contributed by atoms with Gasteiger partial charge in [0.1, 0.15) is 17.2 Å². The minimum absolute atomic E-state index is 0.135. The lowest BCUT2D eigenvalue weighted by Crippen LogP contribution is -2.41. The van der Waals surface area contributed by atoms with Gasteiger partial charge in [-0.15, -0.1) is 0 Å². The first-order valence-electron chi connectivity index (χ1n) is 9.85. The van der Waals surface area contributed by atoms with Crippen molar-refractivity contribution < 1.29 is 23.2 Å². The number of esters is 1. The third-order valence-electron chi connectivity index (χ3n) is 5.37. The average Bonchev–Trinajstić information content (AvgIpc) is 2.82. The number of pyridine rings is 1. The van der Waals surface area contributed by atoms with Crippen molar-refractivity contribution in [3.63, 3.8) is 0 Å². The lowest BCUT2D eigenvalue weighted by atomic mass is 9.79. The second kappa shape index (κ2) is 7.36. The van der Waals surface area contributed by atoms with E-state index in [2.05, 4.69) is 4.98 Å². The molecule has 30 heavy (non-hydrogen) atoms. The Hall–Kier alpha value is -2.45. The quantitative estimate of drug-likeness (QED) is 0.609. The van der Waals surface area contributed by atoms with Crippen LogP contribution in [0.3, 0.4) is 0 Å². The summed E-state index contributed by atoms with van der Waals surface area (Å²) in [4.78, 5) is 16.6. The molecule has 8 heteroatoms. The van der Waals surface area contributed by atoms with Crippen LogP contribution in [-0.2, 0) is 14.0 Å². The van der Waals surface area contributed by atoms with Gasteiger partial charge >= 0.3 is 13.1 Å². The standard InChI is InChI=1S/C22H28BFN2O4/c1-20(2,3)28-19(27)15-10-8-9-14(17(15)24)16-11-13(12-26-18(16)25)23-29-21(4,5)22(6,7)30-23/h8-12H,1-7H3,(H2,25,26). The van der Waals surface area contributed by atoms with E-state index in [9.17, 15) is 4.79 Å². The average molecular weight is 414 g/mol. The van der Waals surface area contributed by atoms with Gasteiger partial charge in [0.2, 0.25) is 0 Å². The highest BCUT2D eigenvalue weighted by Crippen LogP contribution is 2.37. The lowest BCUT2D eigenvalue weighted by molar-refractivity contribution is 0.00578. The van der Waals surface area contributed by atoms with Crippen molar-refractivity contribution >= 4 is 24.4 Å². The Kier molecular flexibility index (Phi) is 5.45. The monoisotopic (exact) mass is 414 g/mol. The van der Waals surface area contributed by atoms with Gasteiger partial charge < -0.3 is 19.8 Å². The molecule has 0 amide bonds. The van der Waals surface area contributed by atoms with Gasteiger partial charge in [-0.25, -0.2) is 14.2 Å². The van der Waals surface area contributed by atoms with E-state index >= 15 is 4.39 Å². The molecule has 0 spiro atoms. The molecule has 2 heterocycles. The van der Waals surface area contributed by atoms with E-state index in [-0.39, 0.29) is 16.9 Å². The fourth-order valence-corrected chi connectivity index (χ4v) is 3.05. The van der Waals surface area contributed by atoms with Crippen molar-refractivity contribution in [1.82, 2.24) is 4.98 Å². The second-order valence-electron chi connectivity index (χ2n) is 9.46. The molecular formula is C22H28BFN2O4. The van der Waals surface area contributed by atoms with E-state index in [1.165, 1.54) is 6.07 Å². The summed E-state index contributed by atoms with van der Waals surface area (Å²) in [6.07, 6.45) is 1.55. The number of carbonyl (C=O) groups excluding carboxylic acids is 1. The van der Waals surface area contributed by atoms with Gasteiger partial charge in [0.05, 0.1) is 16.8 Å². The number of ether oxygens (including phenoxy) is 1. The number of nitrogen functional groups attached to an aromatic ring is 1. The van der Waals surface area contributed by atoms with Crippen molar-refractivity contribution in [3.8, 4) is 11.1 Å². The van der Waals surface area contributed by atoms with Crippen LogP contribution in [0.1, 0.15) is 58.8 Å². The predicted octanol–water partition coefficient (Wildman–Crippen LogP) is 3.72. The Bertz CT molecular complexity index is 970. The molecule has 0 unspecified atom stereocenters. The van der Waals surface area contributed by atoms with E-state index < -0.39 is 35.7 Å². The molecule has 1 fully saturated rings. The van der Waals surface area contributed by atoms with Crippen LogP contribution in [0.15, 0.2) is 30.5 Å². The van der Waals surface area contributed by atoms with Crippen molar-refractivity contribution in [2.45, 2.75) is 65.3 Å². The summed E-state index contributed by atoms with van der Waals surface area (Å²) >= 11 is 0. The summed E-state index contributed by atoms with van der Waals surface area (Å²) in [5.41, 5.74) is 5.21. The summed E-state index contributed by atoms with van der Waals surface area (Å²) in [7, 11) is -0.668. The number of rotatable bonds is 3. The first kappa shape index (κ1) is 22.2. The molecule has 2 aromatic rings. The van der Waals surface area contributed by atoms with Crippen LogP contribution in [0, 0.1) is 5.82 Å². The normalized spacial score (nSPS) is 17.8. The lowest BCUT2D eigenvalue weighted by Gasteiger charge is -2.32. The highest BCUT2D eigenvalue weighted by atomic mass is 19.1. The number of carbonyl (C=O) groups is 1. The first-order chi connectivity index (χ1) is 13.7. The minimum Gasteiger partial charge on any atom is -0.456 e. The Morgan fingerprint density at radius 1 is 1.13 bits per heavy atom. The number of anilines is 1. The van der Waals surface area contributed by atoms with Gasteiger partial charge in [0.25, 0.3) is 0 Å². The molecule has 0 aliphatic carbocycles. The highest BCUT2D eigenvalue weighted by molar-refractivity contribution is 6.62. The second-order valence-corrected chi connectivity index (χ2v) is 9.46. The number of halogens is 1. The minimum atomic E-state index is -0.740. The molecule has 1 aromatic heterocycles. The van der Waals surface area contributed by atoms with Crippen LogP contribution in [0.5, 0.6) is 0 Å². The van der Waals surface area contributed by atoms with Gasteiger partial charge in [0.15, 0.2) is 0 Å². The van der Waals surface area contributed by atoms with Crippen LogP contribution in [0.2, 0.25) is 0 Å². The number of nitrogens with two attached hydrogens (primary N) is 1. The van der Waals surface area contributed by atoms with E-state index in [0.29, 0.717) is 11.0 Å². The highest BCUT2D eigenvalue weighted by Gasteiger charge is 2.52. The molecular weight excluding hydrogens is 386 g/mol. The van der Waals surface area contributed by atoms with E-state index in [4.69, 9.17) is 19.8 Å². The molecule has 1 aliphatic heterocycles. The summed E-state index contributed by atoms with van der Waals surface area (Å²) < 4.78 is 32.7. The van der Waals surface area contributed by atoms with Crippen molar-refractivity contribution in [3.05, 3.63) is 41.8 Å². The largest absolute Gasteiger partial charge is 0.496 e. The summed E-state index contributed by atoms with van der Waals surface area (Å²) in [5, 5.41) is 0. The molecule has 6 nitrogen and oxygen atoms in total. The zero-order chi connectivity index (χ0) is 22.5. The summed E-state index contributed by atoms with van der Waals surface area (Å²) in [5.74, 6) is -1.32. The molecule has 1 aromatic carbocycles. The molecule has 0 bridgehead atoms. The maximum atomic E-state index is 15.3. The molecule has 0 radical (unpaired) electrons. The fourth-order valence-electron chi connectivity index (χ4n) is 3.05.